The molecule has 0 unspecified atom stereocenters. The van der Waals surface area contributed by atoms with Gasteiger partial charge in [0, 0.05) is 31.6 Å². The standard InChI is InChI=1S/C12H15F3N4O/c1-18-10(4-5-16-18)8-19-7-9(3-2-6-20)11(17-19)12(13,14)15/h4-5,7,20H,2-3,6,8H2,1H3. The van der Waals surface area contributed by atoms with Crippen molar-refractivity contribution in [1.29, 1.82) is 0 Å². The van der Waals surface area contributed by atoms with Crippen molar-refractivity contribution < 1.29 is 18.3 Å². The zero-order valence-electron chi connectivity index (χ0n) is 10.9. The Labute approximate surface area is 113 Å². The molecular formula is C12H15F3N4O. The van der Waals surface area contributed by atoms with Crippen molar-refractivity contribution in [3.05, 3.63) is 35.4 Å². The molecule has 0 radical (unpaired) electrons. The summed E-state index contributed by atoms with van der Waals surface area (Å²) in [6, 6.07) is 1.72. The van der Waals surface area contributed by atoms with E-state index in [0.29, 0.717) is 0 Å². The largest absolute Gasteiger partial charge is 0.435 e. The number of alkyl halides is 3. The van der Waals surface area contributed by atoms with Crippen LogP contribution in [0, 0.1) is 0 Å². The highest BCUT2D eigenvalue weighted by Gasteiger charge is 2.36. The van der Waals surface area contributed by atoms with Crippen molar-refractivity contribution in [2.24, 2.45) is 7.05 Å². The van der Waals surface area contributed by atoms with Crippen molar-refractivity contribution in [1.82, 2.24) is 19.6 Å². The average molecular weight is 288 g/mol. The molecule has 2 aromatic rings. The summed E-state index contributed by atoms with van der Waals surface area (Å²) in [4.78, 5) is 0. The Hall–Kier alpha value is -1.83. The van der Waals surface area contributed by atoms with Gasteiger partial charge in [0.05, 0.1) is 12.2 Å². The lowest BCUT2D eigenvalue weighted by molar-refractivity contribution is -0.142. The van der Waals surface area contributed by atoms with E-state index in [9.17, 15) is 13.2 Å². The molecule has 0 fully saturated rings. The number of aromatic nitrogens is 4. The first kappa shape index (κ1) is 14.6. The Morgan fingerprint density at radius 1 is 1.35 bits per heavy atom. The summed E-state index contributed by atoms with van der Waals surface area (Å²) in [6.45, 7) is 0.0723. The lowest BCUT2D eigenvalue weighted by Gasteiger charge is -2.05. The molecule has 0 bridgehead atoms. The van der Waals surface area contributed by atoms with E-state index in [-0.39, 0.29) is 31.6 Å². The Morgan fingerprint density at radius 3 is 2.65 bits per heavy atom. The molecule has 5 nitrogen and oxygen atoms in total. The minimum absolute atomic E-state index is 0.105. The van der Waals surface area contributed by atoms with E-state index in [1.807, 2.05) is 0 Å². The molecule has 2 rings (SSSR count). The molecule has 1 N–H and O–H groups in total. The molecule has 110 valence electrons. The van der Waals surface area contributed by atoms with Crippen LogP contribution < -0.4 is 0 Å². The van der Waals surface area contributed by atoms with Crippen LogP contribution in [-0.4, -0.2) is 31.3 Å². The molecule has 0 aliphatic heterocycles. The number of aliphatic hydroxyl groups excluding tert-OH is 1. The number of halogens is 3. The predicted molar refractivity (Wildman–Crippen MR) is 64.9 cm³/mol. The van der Waals surface area contributed by atoms with Gasteiger partial charge in [-0.3, -0.25) is 9.36 Å². The number of aryl methyl sites for hydroxylation is 2. The zero-order chi connectivity index (χ0) is 14.8. The Balaban J connectivity index is 2.26. The van der Waals surface area contributed by atoms with Crippen LogP contribution in [0.1, 0.15) is 23.4 Å². The molecule has 2 aromatic heterocycles. The van der Waals surface area contributed by atoms with Gasteiger partial charge in [0.15, 0.2) is 5.69 Å². The molecule has 2 heterocycles. The molecule has 0 spiro atoms. The summed E-state index contributed by atoms with van der Waals surface area (Å²) in [5, 5.41) is 16.3. The SMILES string of the molecule is Cn1nccc1Cn1cc(CCCO)c(C(F)(F)F)n1. The summed E-state index contributed by atoms with van der Waals surface area (Å²) in [5.74, 6) is 0. The van der Waals surface area contributed by atoms with Crippen molar-refractivity contribution in [3.63, 3.8) is 0 Å². The van der Waals surface area contributed by atoms with Gasteiger partial charge in [-0.2, -0.15) is 23.4 Å². The topological polar surface area (TPSA) is 55.9 Å². The smallest absolute Gasteiger partial charge is 0.396 e. The monoisotopic (exact) mass is 288 g/mol. The van der Waals surface area contributed by atoms with Gasteiger partial charge >= 0.3 is 6.18 Å². The van der Waals surface area contributed by atoms with E-state index >= 15 is 0 Å². The van der Waals surface area contributed by atoms with E-state index in [1.165, 1.54) is 10.9 Å². The van der Waals surface area contributed by atoms with Crippen LogP contribution in [0.3, 0.4) is 0 Å². The Kier molecular flexibility index (Phi) is 4.12. The highest BCUT2D eigenvalue weighted by molar-refractivity contribution is 5.21. The molecule has 0 saturated heterocycles. The molecule has 0 aliphatic rings. The molecule has 0 aliphatic carbocycles. The quantitative estimate of drug-likeness (QED) is 0.909. The second-order valence-corrected chi connectivity index (χ2v) is 4.47. The fourth-order valence-electron chi connectivity index (χ4n) is 1.96. The van der Waals surface area contributed by atoms with Crippen molar-refractivity contribution in [2.45, 2.75) is 25.6 Å². The Morgan fingerprint density at radius 2 is 2.10 bits per heavy atom. The summed E-state index contributed by atoms with van der Waals surface area (Å²) >= 11 is 0. The lowest BCUT2D eigenvalue weighted by atomic mass is 10.1. The van der Waals surface area contributed by atoms with Gasteiger partial charge in [-0.1, -0.05) is 0 Å². The molecular weight excluding hydrogens is 273 g/mol. The minimum atomic E-state index is -4.48. The lowest BCUT2D eigenvalue weighted by Crippen LogP contribution is -2.11. The number of hydrogen-bond donors (Lipinski definition) is 1. The normalized spacial score (nSPS) is 12.1. The molecule has 0 amide bonds. The second kappa shape index (κ2) is 5.66. The van der Waals surface area contributed by atoms with Crippen LogP contribution >= 0.6 is 0 Å². The van der Waals surface area contributed by atoms with Gasteiger partial charge in [0.25, 0.3) is 0 Å². The van der Waals surface area contributed by atoms with Crippen LogP contribution in [-0.2, 0) is 26.2 Å². The van der Waals surface area contributed by atoms with Crippen molar-refractivity contribution >= 4 is 0 Å². The maximum absolute atomic E-state index is 12.9. The second-order valence-electron chi connectivity index (χ2n) is 4.47. The Bertz CT molecular complexity index is 574. The first-order chi connectivity index (χ1) is 9.41. The van der Waals surface area contributed by atoms with Crippen LogP contribution in [0.15, 0.2) is 18.5 Å². The first-order valence-corrected chi connectivity index (χ1v) is 6.13. The van der Waals surface area contributed by atoms with E-state index in [4.69, 9.17) is 5.11 Å². The van der Waals surface area contributed by atoms with Crippen LogP contribution in [0.25, 0.3) is 0 Å². The third-order valence-electron chi connectivity index (χ3n) is 2.96. The third kappa shape index (κ3) is 3.19. The fraction of sp³-hybridized carbons (Fsp3) is 0.500. The van der Waals surface area contributed by atoms with Gasteiger partial charge < -0.3 is 5.11 Å². The van der Waals surface area contributed by atoms with Crippen molar-refractivity contribution in [2.75, 3.05) is 6.61 Å². The maximum Gasteiger partial charge on any atom is 0.435 e. The molecule has 0 saturated carbocycles. The minimum Gasteiger partial charge on any atom is -0.396 e. The van der Waals surface area contributed by atoms with Gasteiger partial charge in [-0.15, -0.1) is 0 Å². The molecule has 20 heavy (non-hydrogen) atoms. The van der Waals surface area contributed by atoms with Gasteiger partial charge in [-0.25, -0.2) is 0 Å². The van der Waals surface area contributed by atoms with E-state index in [0.717, 1.165) is 5.69 Å². The van der Waals surface area contributed by atoms with Crippen LogP contribution in [0.4, 0.5) is 13.2 Å². The number of hydrogen-bond acceptors (Lipinski definition) is 3. The fourth-order valence-corrected chi connectivity index (χ4v) is 1.96. The summed E-state index contributed by atoms with van der Waals surface area (Å²) < 4.78 is 41.5. The van der Waals surface area contributed by atoms with Gasteiger partial charge in [-0.05, 0) is 18.9 Å². The van der Waals surface area contributed by atoms with E-state index in [1.54, 1.807) is 24.0 Å². The number of nitrogens with zero attached hydrogens (tertiary/aromatic N) is 4. The molecule has 0 atom stereocenters. The predicted octanol–water partition coefficient (Wildman–Crippen LogP) is 1.61. The van der Waals surface area contributed by atoms with E-state index in [2.05, 4.69) is 10.2 Å². The average Bonchev–Trinajstić information content (AvgIpc) is 2.94. The highest BCUT2D eigenvalue weighted by Crippen LogP contribution is 2.31. The molecule has 0 aromatic carbocycles. The van der Waals surface area contributed by atoms with Crippen LogP contribution in [0.2, 0.25) is 0 Å². The summed E-state index contributed by atoms with van der Waals surface area (Å²) in [5.41, 5.74) is -0.0169. The zero-order valence-corrected chi connectivity index (χ0v) is 10.9. The maximum atomic E-state index is 12.9. The van der Waals surface area contributed by atoms with E-state index < -0.39 is 11.9 Å². The first-order valence-electron chi connectivity index (χ1n) is 6.13. The number of rotatable bonds is 5. The van der Waals surface area contributed by atoms with Gasteiger partial charge in [0.1, 0.15) is 0 Å². The number of aliphatic hydroxyl groups is 1. The van der Waals surface area contributed by atoms with Gasteiger partial charge in [0.2, 0.25) is 0 Å². The van der Waals surface area contributed by atoms with Crippen LogP contribution in [0.5, 0.6) is 0 Å². The third-order valence-corrected chi connectivity index (χ3v) is 2.96. The van der Waals surface area contributed by atoms with Crippen molar-refractivity contribution in [3.8, 4) is 0 Å². The highest BCUT2D eigenvalue weighted by atomic mass is 19.4. The summed E-state index contributed by atoms with van der Waals surface area (Å²) in [7, 11) is 1.72. The molecule has 8 heteroatoms. The summed E-state index contributed by atoms with van der Waals surface area (Å²) in [6.07, 6.45) is -1.10.